The van der Waals surface area contributed by atoms with Gasteiger partial charge < -0.3 is 4.48 Å². The number of quaternary nitrogens is 1. The maximum Gasteiger partial charge on any atom is 0.0809 e. The number of hydrogen-bond acceptors (Lipinski definition) is 0. The molecule has 0 aromatic heterocycles. The Kier molecular flexibility index (Phi) is 14.5. The molecule has 0 amide bonds. The zero-order valence-corrected chi connectivity index (χ0v) is 16.6. The Balaban J connectivity index is 3.73. The van der Waals surface area contributed by atoms with E-state index in [9.17, 15) is 0 Å². The van der Waals surface area contributed by atoms with Crippen molar-refractivity contribution >= 4 is 0 Å². The van der Waals surface area contributed by atoms with Gasteiger partial charge in [0.25, 0.3) is 0 Å². The minimum Gasteiger partial charge on any atom is -0.331 e. The van der Waals surface area contributed by atoms with E-state index in [0.717, 1.165) is 10.4 Å². The highest BCUT2D eigenvalue weighted by Crippen LogP contribution is 2.21. The van der Waals surface area contributed by atoms with E-state index in [1.54, 1.807) is 0 Å². The molecule has 1 heteroatoms. The zero-order valence-electron chi connectivity index (χ0n) is 16.6. The van der Waals surface area contributed by atoms with Crippen LogP contribution in [-0.2, 0) is 0 Å². The van der Waals surface area contributed by atoms with Gasteiger partial charge in [0, 0.05) is 5.92 Å². The minimum absolute atomic E-state index is 0.956. The Hall–Kier alpha value is -0.0400. The third kappa shape index (κ3) is 16.3. The first-order chi connectivity index (χ1) is 10.5. The van der Waals surface area contributed by atoms with E-state index in [1.165, 1.54) is 96.4 Å². The Morgan fingerprint density at radius 3 is 1.32 bits per heavy atom. The molecule has 0 rings (SSSR count). The van der Waals surface area contributed by atoms with Crippen LogP contribution in [0.15, 0.2) is 0 Å². The van der Waals surface area contributed by atoms with Gasteiger partial charge in [0.2, 0.25) is 0 Å². The Bertz CT molecular complexity index is 216. The molecule has 0 aromatic rings. The number of nitrogens with zero attached hydrogens (tertiary/aromatic N) is 1. The van der Waals surface area contributed by atoms with Crippen molar-refractivity contribution < 1.29 is 4.48 Å². The van der Waals surface area contributed by atoms with Gasteiger partial charge in [-0.3, -0.25) is 0 Å². The first-order valence-electron chi connectivity index (χ1n) is 10.3. The summed E-state index contributed by atoms with van der Waals surface area (Å²) in [4.78, 5) is 0. The summed E-state index contributed by atoms with van der Waals surface area (Å²) < 4.78 is 1.13. The summed E-state index contributed by atoms with van der Waals surface area (Å²) in [6.45, 7) is 5.97. The van der Waals surface area contributed by atoms with Gasteiger partial charge in [0.1, 0.15) is 0 Å². The first-order valence-corrected chi connectivity index (χ1v) is 10.3. The largest absolute Gasteiger partial charge is 0.331 e. The van der Waals surface area contributed by atoms with E-state index in [2.05, 4.69) is 35.0 Å². The summed E-state index contributed by atoms with van der Waals surface area (Å²) >= 11 is 0. The number of rotatable bonds is 16. The van der Waals surface area contributed by atoms with Crippen molar-refractivity contribution in [1.29, 1.82) is 0 Å². The van der Waals surface area contributed by atoms with Crippen molar-refractivity contribution in [1.82, 2.24) is 0 Å². The lowest BCUT2D eigenvalue weighted by atomic mass is 9.93. The smallest absolute Gasteiger partial charge is 0.0809 e. The summed E-state index contributed by atoms with van der Waals surface area (Å²) in [5.74, 6) is 0.956. The maximum atomic E-state index is 2.35. The molecule has 1 atom stereocenters. The van der Waals surface area contributed by atoms with Crippen LogP contribution in [0.5, 0.6) is 0 Å². The SMILES string of the molecule is CCCCCCCCCCC(CCCCCC)C[N+](C)(C)C. The lowest BCUT2D eigenvalue weighted by Gasteiger charge is -2.29. The molecule has 22 heavy (non-hydrogen) atoms. The molecule has 0 spiro atoms. The lowest BCUT2D eigenvalue weighted by molar-refractivity contribution is -0.874. The minimum atomic E-state index is 0.956. The van der Waals surface area contributed by atoms with E-state index in [-0.39, 0.29) is 0 Å². The molecule has 0 aliphatic carbocycles. The first kappa shape index (κ1) is 22.0. The molecular formula is C21H46N+. The Labute approximate surface area is 142 Å². The monoisotopic (exact) mass is 312 g/mol. The summed E-state index contributed by atoms with van der Waals surface area (Å²) in [6, 6.07) is 0. The third-order valence-electron chi connectivity index (χ3n) is 4.74. The van der Waals surface area contributed by atoms with Gasteiger partial charge in [-0.25, -0.2) is 0 Å². The lowest BCUT2D eigenvalue weighted by Crippen LogP contribution is -2.39. The van der Waals surface area contributed by atoms with E-state index < -0.39 is 0 Å². The highest BCUT2D eigenvalue weighted by molar-refractivity contribution is 4.60. The van der Waals surface area contributed by atoms with Crippen LogP contribution in [0.1, 0.15) is 104 Å². The average molecular weight is 313 g/mol. The van der Waals surface area contributed by atoms with E-state index in [1.807, 2.05) is 0 Å². The molecule has 1 nitrogen and oxygen atoms in total. The predicted molar refractivity (Wildman–Crippen MR) is 102 cm³/mol. The van der Waals surface area contributed by atoms with Crippen molar-refractivity contribution in [3.05, 3.63) is 0 Å². The zero-order chi connectivity index (χ0) is 16.7. The molecule has 0 saturated heterocycles. The van der Waals surface area contributed by atoms with Gasteiger partial charge in [0.05, 0.1) is 27.7 Å². The van der Waals surface area contributed by atoms with Gasteiger partial charge in [0.15, 0.2) is 0 Å². The molecule has 0 aliphatic heterocycles. The Morgan fingerprint density at radius 1 is 0.545 bits per heavy atom. The predicted octanol–water partition coefficient (Wildman–Crippen LogP) is 6.81. The molecule has 0 bridgehead atoms. The van der Waals surface area contributed by atoms with Gasteiger partial charge in [-0.05, 0) is 12.8 Å². The maximum absolute atomic E-state index is 2.35. The highest BCUT2D eigenvalue weighted by atomic mass is 15.3. The fourth-order valence-corrected chi connectivity index (χ4v) is 3.53. The molecule has 0 heterocycles. The topological polar surface area (TPSA) is 0 Å². The summed E-state index contributed by atoms with van der Waals surface area (Å²) in [6.07, 6.45) is 20.2. The molecule has 0 saturated carbocycles. The van der Waals surface area contributed by atoms with Crippen LogP contribution >= 0.6 is 0 Å². The van der Waals surface area contributed by atoms with Crippen LogP contribution in [0.3, 0.4) is 0 Å². The molecule has 0 N–H and O–H groups in total. The molecule has 134 valence electrons. The van der Waals surface area contributed by atoms with Crippen molar-refractivity contribution in [3.8, 4) is 0 Å². The second kappa shape index (κ2) is 14.5. The molecule has 0 fully saturated rings. The standard InChI is InChI=1S/C21H46N/c1-6-8-10-12-13-14-15-17-19-21(20-22(3,4)5)18-16-11-9-7-2/h21H,6-20H2,1-5H3/q+1. The van der Waals surface area contributed by atoms with Crippen molar-refractivity contribution in [2.24, 2.45) is 5.92 Å². The average Bonchev–Trinajstić information content (AvgIpc) is 2.44. The number of hydrogen-bond donors (Lipinski definition) is 0. The molecule has 1 unspecified atom stereocenters. The van der Waals surface area contributed by atoms with E-state index in [4.69, 9.17) is 0 Å². The van der Waals surface area contributed by atoms with Gasteiger partial charge in [-0.2, -0.15) is 0 Å². The normalized spacial score (nSPS) is 13.5. The Morgan fingerprint density at radius 2 is 0.909 bits per heavy atom. The van der Waals surface area contributed by atoms with Crippen LogP contribution in [0.2, 0.25) is 0 Å². The van der Waals surface area contributed by atoms with Crippen LogP contribution in [0.25, 0.3) is 0 Å². The summed E-state index contributed by atoms with van der Waals surface area (Å²) in [5, 5.41) is 0. The molecule has 0 aliphatic rings. The van der Waals surface area contributed by atoms with Crippen molar-refractivity contribution in [3.63, 3.8) is 0 Å². The van der Waals surface area contributed by atoms with Crippen LogP contribution in [-0.4, -0.2) is 32.2 Å². The van der Waals surface area contributed by atoms with Crippen LogP contribution in [0.4, 0.5) is 0 Å². The van der Waals surface area contributed by atoms with Crippen LogP contribution in [0, 0.1) is 5.92 Å². The highest BCUT2D eigenvalue weighted by Gasteiger charge is 2.17. The third-order valence-corrected chi connectivity index (χ3v) is 4.74. The van der Waals surface area contributed by atoms with Crippen molar-refractivity contribution in [2.45, 2.75) is 104 Å². The quantitative estimate of drug-likeness (QED) is 0.217. The van der Waals surface area contributed by atoms with Gasteiger partial charge >= 0.3 is 0 Å². The fourth-order valence-electron chi connectivity index (χ4n) is 3.53. The molecule has 0 aromatic carbocycles. The van der Waals surface area contributed by atoms with Gasteiger partial charge in [-0.15, -0.1) is 0 Å². The summed E-state index contributed by atoms with van der Waals surface area (Å²) in [7, 11) is 7.06. The second-order valence-electron chi connectivity index (χ2n) is 8.45. The van der Waals surface area contributed by atoms with Gasteiger partial charge in [-0.1, -0.05) is 90.9 Å². The van der Waals surface area contributed by atoms with Crippen molar-refractivity contribution in [2.75, 3.05) is 27.7 Å². The van der Waals surface area contributed by atoms with E-state index in [0.29, 0.717) is 0 Å². The van der Waals surface area contributed by atoms with E-state index >= 15 is 0 Å². The fraction of sp³-hybridized carbons (Fsp3) is 1.00. The summed E-state index contributed by atoms with van der Waals surface area (Å²) in [5.41, 5.74) is 0. The number of unbranched alkanes of at least 4 members (excludes halogenated alkanes) is 10. The molecular weight excluding hydrogens is 266 g/mol. The van der Waals surface area contributed by atoms with Crippen LogP contribution < -0.4 is 0 Å². The molecule has 0 radical (unpaired) electrons. The second-order valence-corrected chi connectivity index (χ2v) is 8.45.